The van der Waals surface area contributed by atoms with E-state index in [0.29, 0.717) is 24.4 Å². The highest BCUT2D eigenvalue weighted by Gasteiger charge is 2.14. The van der Waals surface area contributed by atoms with Crippen LogP contribution in [0, 0.1) is 6.92 Å². The number of amides is 2. The van der Waals surface area contributed by atoms with Gasteiger partial charge in [-0.15, -0.1) is 0 Å². The molecule has 2 N–H and O–H groups in total. The lowest BCUT2D eigenvalue weighted by Gasteiger charge is -2.19. The van der Waals surface area contributed by atoms with Crippen molar-refractivity contribution in [1.29, 1.82) is 0 Å². The van der Waals surface area contributed by atoms with Crippen molar-refractivity contribution in [2.24, 2.45) is 0 Å². The van der Waals surface area contributed by atoms with Gasteiger partial charge in [0.15, 0.2) is 6.61 Å². The van der Waals surface area contributed by atoms with Gasteiger partial charge in [0, 0.05) is 18.7 Å². The molecule has 0 atom stereocenters. The van der Waals surface area contributed by atoms with E-state index in [2.05, 4.69) is 31.4 Å². The Kier molecular flexibility index (Phi) is 6.99. The lowest BCUT2D eigenvalue weighted by Crippen LogP contribution is -2.36. The molecule has 0 fully saturated rings. The number of ether oxygens (including phenoxy) is 1. The molecule has 144 valence electrons. The summed E-state index contributed by atoms with van der Waals surface area (Å²) >= 11 is 0. The summed E-state index contributed by atoms with van der Waals surface area (Å²) in [6, 6.07) is 15.1. The van der Waals surface area contributed by atoms with Gasteiger partial charge in [-0.05, 0) is 42.2 Å². The van der Waals surface area contributed by atoms with E-state index in [9.17, 15) is 9.59 Å². The Bertz CT molecular complexity index is 760. The molecule has 2 aromatic rings. The highest BCUT2D eigenvalue weighted by atomic mass is 16.5. The highest BCUT2D eigenvalue weighted by molar-refractivity contribution is 5.94. The number of carbonyl (C=O) groups is 2. The third kappa shape index (κ3) is 6.77. The van der Waals surface area contributed by atoms with Crippen LogP contribution in [0.5, 0.6) is 5.75 Å². The van der Waals surface area contributed by atoms with E-state index < -0.39 is 0 Å². The van der Waals surface area contributed by atoms with Crippen molar-refractivity contribution in [1.82, 2.24) is 10.6 Å². The lowest BCUT2D eigenvalue weighted by atomic mass is 9.87. The summed E-state index contributed by atoms with van der Waals surface area (Å²) in [7, 11) is 0. The van der Waals surface area contributed by atoms with Crippen molar-refractivity contribution in [2.75, 3.05) is 19.7 Å². The summed E-state index contributed by atoms with van der Waals surface area (Å²) in [6.07, 6.45) is 0. The van der Waals surface area contributed by atoms with Gasteiger partial charge in [0.1, 0.15) is 5.75 Å². The second kappa shape index (κ2) is 9.21. The van der Waals surface area contributed by atoms with E-state index in [-0.39, 0.29) is 23.8 Å². The number of nitrogens with one attached hydrogen (secondary N) is 2. The molecule has 2 amide bonds. The molecule has 2 aromatic carbocycles. The van der Waals surface area contributed by atoms with Crippen molar-refractivity contribution in [3.05, 3.63) is 65.2 Å². The van der Waals surface area contributed by atoms with Crippen LogP contribution in [0.25, 0.3) is 0 Å². The number of hydrogen-bond donors (Lipinski definition) is 2. The Morgan fingerprint density at radius 3 is 2.07 bits per heavy atom. The molecule has 0 aromatic heterocycles. The van der Waals surface area contributed by atoms with Crippen LogP contribution in [-0.2, 0) is 10.2 Å². The Labute approximate surface area is 161 Å². The fourth-order valence-electron chi connectivity index (χ4n) is 2.44. The average molecular weight is 368 g/mol. The van der Waals surface area contributed by atoms with Gasteiger partial charge in [-0.1, -0.05) is 50.6 Å². The van der Waals surface area contributed by atoms with Gasteiger partial charge in [0.25, 0.3) is 11.8 Å². The minimum atomic E-state index is -0.223. The molecule has 0 saturated carbocycles. The van der Waals surface area contributed by atoms with E-state index in [1.165, 1.54) is 5.56 Å². The van der Waals surface area contributed by atoms with Crippen molar-refractivity contribution >= 4 is 11.8 Å². The van der Waals surface area contributed by atoms with E-state index in [0.717, 1.165) is 5.56 Å². The fraction of sp³-hybridized carbons (Fsp3) is 0.364. The van der Waals surface area contributed by atoms with E-state index in [1.807, 2.05) is 55.5 Å². The fourth-order valence-corrected chi connectivity index (χ4v) is 2.44. The predicted octanol–water partition coefficient (Wildman–Crippen LogP) is 3.22. The number of benzene rings is 2. The normalized spacial score (nSPS) is 11.0. The molecular weight excluding hydrogens is 340 g/mol. The molecule has 0 unspecified atom stereocenters. The van der Waals surface area contributed by atoms with Gasteiger partial charge < -0.3 is 15.4 Å². The smallest absolute Gasteiger partial charge is 0.258 e. The molecule has 0 radical (unpaired) electrons. The second-order valence-corrected chi connectivity index (χ2v) is 7.53. The van der Waals surface area contributed by atoms with Crippen LogP contribution >= 0.6 is 0 Å². The van der Waals surface area contributed by atoms with Gasteiger partial charge in [0.05, 0.1) is 0 Å². The topological polar surface area (TPSA) is 67.4 Å². The van der Waals surface area contributed by atoms with Crippen LogP contribution in [0.2, 0.25) is 0 Å². The average Bonchev–Trinajstić information content (AvgIpc) is 2.64. The first-order chi connectivity index (χ1) is 12.8. The Balaban J connectivity index is 1.67. The number of rotatable bonds is 7. The molecule has 0 aliphatic carbocycles. The number of aryl methyl sites for hydroxylation is 1. The molecule has 0 heterocycles. The Hall–Kier alpha value is -2.82. The highest BCUT2D eigenvalue weighted by Crippen LogP contribution is 2.22. The predicted molar refractivity (Wildman–Crippen MR) is 107 cm³/mol. The van der Waals surface area contributed by atoms with Crippen LogP contribution in [0.3, 0.4) is 0 Å². The molecule has 27 heavy (non-hydrogen) atoms. The van der Waals surface area contributed by atoms with Crippen LogP contribution in [-0.4, -0.2) is 31.5 Å². The molecule has 0 spiro atoms. The summed E-state index contributed by atoms with van der Waals surface area (Å²) in [6.45, 7) is 9.04. The van der Waals surface area contributed by atoms with Crippen molar-refractivity contribution in [3.63, 3.8) is 0 Å². The SMILES string of the molecule is Cc1ccc(OCC(=O)NCCNC(=O)c2ccc(C(C)(C)C)cc2)cc1. The lowest BCUT2D eigenvalue weighted by molar-refractivity contribution is -0.123. The molecule has 2 rings (SSSR count). The zero-order valence-corrected chi connectivity index (χ0v) is 16.5. The number of hydrogen-bond acceptors (Lipinski definition) is 3. The minimum absolute atomic E-state index is 0.0503. The standard InChI is InChI=1S/C22H28N2O3/c1-16-5-11-19(12-6-16)27-15-20(25)23-13-14-24-21(26)17-7-9-18(10-8-17)22(2,3)4/h5-12H,13-15H2,1-4H3,(H,23,25)(H,24,26). The van der Waals surface area contributed by atoms with E-state index >= 15 is 0 Å². The van der Waals surface area contributed by atoms with Crippen molar-refractivity contribution in [2.45, 2.75) is 33.1 Å². The van der Waals surface area contributed by atoms with Gasteiger partial charge in [-0.3, -0.25) is 9.59 Å². The molecule has 5 nitrogen and oxygen atoms in total. The molecule has 0 aliphatic rings. The monoisotopic (exact) mass is 368 g/mol. The zero-order valence-electron chi connectivity index (χ0n) is 16.5. The van der Waals surface area contributed by atoms with Crippen LogP contribution in [0.4, 0.5) is 0 Å². The third-order valence-electron chi connectivity index (χ3n) is 4.14. The van der Waals surface area contributed by atoms with Gasteiger partial charge in [-0.2, -0.15) is 0 Å². The molecule has 5 heteroatoms. The van der Waals surface area contributed by atoms with E-state index in [1.54, 1.807) is 0 Å². The van der Waals surface area contributed by atoms with Crippen molar-refractivity contribution < 1.29 is 14.3 Å². The first-order valence-electron chi connectivity index (χ1n) is 9.10. The first kappa shape index (κ1) is 20.5. The van der Waals surface area contributed by atoms with Crippen LogP contribution < -0.4 is 15.4 Å². The molecule has 0 saturated heterocycles. The maximum Gasteiger partial charge on any atom is 0.258 e. The van der Waals surface area contributed by atoms with Gasteiger partial charge in [-0.25, -0.2) is 0 Å². The number of carbonyl (C=O) groups excluding carboxylic acids is 2. The third-order valence-corrected chi connectivity index (χ3v) is 4.14. The largest absolute Gasteiger partial charge is 0.484 e. The summed E-state index contributed by atoms with van der Waals surface area (Å²) in [5.74, 6) is 0.280. The zero-order chi connectivity index (χ0) is 19.9. The summed E-state index contributed by atoms with van der Waals surface area (Å²) in [4.78, 5) is 23.9. The molecule has 0 aliphatic heterocycles. The maximum absolute atomic E-state index is 12.1. The molecular formula is C22H28N2O3. The van der Waals surface area contributed by atoms with Gasteiger partial charge >= 0.3 is 0 Å². The summed E-state index contributed by atoms with van der Waals surface area (Å²) < 4.78 is 5.41. The second-order valence-electron chi connectivity index (χ2n) is 7.53. The summed E-state index contributed by atoms with van der Waals surface area (Å²) in [5, 5.41) is 5.52. The Morgan fingerprint density at radius 1 is 0.889 bits per heavy atom. The maximum atomic E-state index is 12.1. The minimum Gasteiger partial charge on any atom is -0.484 e. The first-order valence-corrected chi connectivity index (χ1v) is 9.10. The molecule has 0 bridgehead atoms. The quantitative estimate of drug-likeness (QED) is 0.738. The summed E-state index contributed by atoms with van der Waals surface area (Å²) in [5.41, 5.74) is 2.98. The van der Waals surface area contributed by atoms with Crippen LogP contribution in [0.15, 0.2) is 48.5 Å². The van der Waals surface area contributed by atoms with Crippen LogP contribution in [0.1, 0.15) is 42.3 Å². The van der Waals surface area contributed by atoms with Crippen molar-refractivity contribution in [3.8, 4) is 5.75 Å². The van der Waals surface area contributed by atoms with Gasteiger partial charge in [0.2, 0.25) is 0 Å². The van der Waals surface area contributed by atoms with E-state index in [4.69, 9.17) is 4.74 Å². The Morgan fingerprint density at radius 2 is 1.48 bits per heavy atom.